The minimum atomic E-state index is 0.259. The smallest absolute Gasteiger partial charge is 0.222 e. The number of unbranched alkanes of at least 4 members (excludes halogenated alkanes) is 2. The van der Waals surface area contributed by atoms with Crippen LogP contribution in [0, 0.1) is 0 Å². The third-order valence-corrected chi connectivity index (χ3v) is 2.96. The van der Waals surface area contributed by atoms with Crippen LogP contribution >= 0.6 is 0 Å². The minimum Gasteiger partial charge on any atom is -0.374 e. The molecule has 0 aromatic heterocycles. The highest BCUT2D eigenvalue weighted by Gasteiger charge is 2.26. The molecule has 94 valence electrons. The van der Waals surface area contributed by atoms with Crippen LogP contribution in [0.3, 0.4) is 0 Å². The summed E-state index contributed by atoms with van der Waals surface area (Å²) in [4.78, 5) is 13.8. The molecule has 1 aliphatic rings. The average Bonchev–Trinajstić information content (AvgIpc) is 2.65. The van der Waals surface area contributed by atoms with E-state index < -0.39 is 0 Å². The van der Waals surface area contributed by atoms with E-state index in [9.17, 15) is 4.79 Å². The molecule has 0 aromatic carbocycles. The molecule has 1 heterocycles. The highest BCUT2D eigenvalue weighted by molar-refractivity contribution is 5.76. The third-order valence-electron chi connectivity index (χ3n) is 2.96. The largest absolute Gasteiger partial charge is 0.374 e. The monoisotopic (exact) mass is 227 g/mol. The molecule has 1 fully saturated rings. The standard InChI is InChI=1S/C13H25NO2/c1-4-5-6-7-13(15)14-9-8-12(10-14)16-11(2)3/h11-12H,4-10H2,1-3H3/t12-/m0/s1. The quantitative estimate of drug-likeness (QED) is 0.653. The van der Waals surface area contributed by atoms with Crippen LogP contribution in [0.4, 0.5) is 0 Å². The van der Waals surface area contributed by atoms with Crippen molar-refractivity contribution in [1.82, 2.24) is 4.90 Å². The van der Waals surface area contributed by atoms with Crippen molar-refractivity contribution >= 4 is 5.91 Å². The number of nitrogens with zero attached hydrogens (tertiary/aromatic N) is 1. The van der Waals surface area contributed by atoms with Crippen molar-refractivity contribution in [3.05, 3.63) is 0 Å². The molecule has 1 atom stereocenters. The summed E-state index contributed by atoms with van der Waals surface area (Å²) < 4.78 is 5.72. The molecule has 0 aliphatic carbocycles. The number of likely N-dealkylation sites (tertiary alicyclic amines) is 1. The minimum absolute atomic E-state index is 0.259. The van der Waals surface area contributed by atoms with E-state index in [1.807, 2.05) is 18.7 Å². The van der Waals surface area contributed by atoms with Crippen LogP contribution < -0.4 is 0 Å². The zero-order valence-corrected chi connectivity index (χ0v) is 10.9. The highest BCUT2D eigenvalue weighted by Crippen LogP contribution is 2.16. The van der Waals surface area contributed by atoms with Gasteiger partial charge in [-0.3, -0.25) is 4.79 Å². The lowest BCUT2D eigenvalue weighted by Gasteiger charge is -2.18. The predicted octanol–water partition coefficient (Wildman–Crippen LogP) is 2.59. The molecule has 0 spiro atoms. The Balaban J connectivity index is 2.21. The lowest BCUT2D eigenvalue weighted by molar-refractivity contribution is -0.131. The topological polar surface area (TPSA) is 29.5 Å². The SMILES string of the molecule is CCCCCC(=O)N1CC[C@H](OC(C)C)C1. The molecular formula is C13H25NO2. The first kappa shape index (κ1) is 13.5. The fourth-order valence-electron chi connectivity index (χ4n) is 2.14. The second-order valence-corrected chi connectivity index (χ2v) is 4.89. The number of hydrogen-bond acceptors (Lipinski definition) is 2. The number of amides is 1. The van der Waals surface area contributed by atoms with Crippen molar-refractivity contribution in [1.29, 1.82) is 0 Å². The van der Waals surface area contributed by atoms with E-state index in [0.717, 1.165) is 32.4 Å². The van der Waals surface area contributed by atoms with Crippen molar-refractivity contribution in [2.45, 2.75) is 65.1 Å². The van der Waals surface area contributed by atoms with Crippen molar-refractivity contribution in [3.8, 4) is 0 Å². The fourth-order valence-corrected chi connectivity index (χ4v) is 2.14. The van der Waals surface area contributed by atoms with Crippen LogP contribution in [0.15, 0.2) is 0 Å². The molecule has 0 unspecified atom stereocenters. The van der Waals surface area contributed by atoms with Gasteiger partial charge in [-0.2, -0.15) is 0 Å². The van der Waals surface area contributed by atoms with Gasteiger partial charge in [0.15, 0.2) is 0 Å². The van der Waals surface area contributed by atoms with E-state index in [0.29, 0.717) is 12.3 Å². The molecule has 0 aromatic rings. The van der Waals surface area contributed by atoms with Gasteiger partial charge >= 0.3 is 0 Å². The first-order valence-electron chi connectivity index (χ1n) is 6.56. The Morgan fingerprint density at radius 1 is 1.44 bits per heavy atom. The number of ether oxygens (including phenoxy) is 1. The first-order chi connectivity index (χ1) is 7.63. The Morgan fingerprint density at radius 3 is 2.81 bits per heavy atom. The summed E-state index contributed by atoms with van der Waals surface area (Å²) in [5, 5.41) is 0. The van der Waals surface area contributed by atoms with Crippen LogP contribution in [0.2, 0.25) is 0 Å². The maximum absolute atomic E-state index is 11.8. The summed E-state index contributed by atoms with van der Waals surface area (Å²) in [7, 11) is 0. The van der Waals surface area contributed by atoms with Gasteiger partial charge in [0.2, 0.25) is 5.91 Å². The molecule has 0 radical (unpaired) electrons. The zero-order valence-electron chi connectivity index (χ0n) is 10.9. The van der Waals surface area contributed by atoms with Gasteiger partial charge in [-0.05, 0) is 26.7 Å². The van der Waals surface area contributed by atoms with E-state index in [1.165, 1.54) is 6.42 Å². The molecule has 3 heteroatoms. The molecule has 0 N–H and O–H groups in total. The van der Waals surface area contributed by atoms with E-state index in [-0.39, 0.29) is 12.2 Å². The van der Waals surface area contributed by atoms with E-state index in [4.69, 9.17) is 4.74 Å². The Kier molecular flexibility index (Phi) is 5.81. The second-order valence-electron chi connectivity index (χ2n) is 4.89. The molecule has 1 aliphatic heterocycles. The maximum Gasteiger partial charge on any atom is 0.222 e. The summed E-state index contributed by atoms with van der Waals surface area (Å²) >= 11 is 0. The van der Waals surface area contributed by atoms with E-state index >= 15 is 0 Å². The van der Waals surface area contributed by atoms with E-state index in [1.54, 1.807) is 0 Å². The van der Waals surface area contributed by atoms with Gasteiger partial charge in [0, 0.05) is 19.5 Å². The Labute approximate surface area is 99.1 Å². The first-order valence-corrected chi connectivity index (χ1v) is 6.56. The van der Waals surface area contributed by atoms with Gasteiger partial charge in [-0.25, -0.2) is 0 Å². The molecule has 0 bridgehead atoms. The van der Waals surface area contributed by atoms with Gasteiger partial charge in [0.05, 0.1) is 12.2 Å². The Morgan fingerprint density at radius 2 is 2.19 bits per heavy atom. The van der Waals surface area contributed by atoms with E-state index in [2.05, 4.69) is 6.92 Å². The number of carbonyl (C=O) groups is 1. The predicted molar refractivity (Wildman–Crippen MR) is 65.3 cm³/mol. The van der Waals surface area contributed by atoms with Crippen molar-refractivity contribution in [3.63, 3.8) is 0 Å². The third kappa shape index (κ3) is 4.52. The summed E-state index contributed by atoms with van der Waals surface area (Å²) in [6.45, 7) is 7.93. The zero-order chi connectivity index (χ0) is 12.0. The molecule has 1 amide bonds. The summed E-state index contributed by atoms with van der Waals surface area (Å²) in [5.74, 6) is 0.309. The van der Waals surface area contributed by atoms with Crippen molar-refractivity contribution < 1.29 is 9.53 Å². The number of hydrogen-bond donors (Lipinski definition) is 0. The van der Waals surface area contributed by atoms with Crippen LogP contribution in [0.25, 0.3) is 0 Å². The van der Waals surface area contributed by atoms with Gasteiger partial charge in [-0.15, -0.1) is 0 Å². The lowest BCUT2D eigenvalue weighted by Crippen LogP contribution is -2.30. The van der Waals surface area contributed by atoms with Crippen LogP contribution in [0.1, 0.15) is 52.9 Å². The number of carbonyl (C=O) groups excluding carboxylic acids is 1. The normalized spacial score (nSPS) is 20.8. The Bertz CT molecular complexity index is 216. The Hall–Kier alpha value is -0.570. The highest BCUT2D eigenvalue weighted by atomic mass is 16.5. The summed E-state index contributed by atoms with van der Waals surface area (Å²) in [5.41, 5.74) is 0. The maximum atomic E-state index is 11.8. The second kappa shape index (κ2) is 6.89. The van der Waals surface area contributed by atoms with Crippen LogP contribution in [-0.4, -0.2) is 36.1 Å². The summed E-state index contributed by atoms with van der Waals surface area (Å²) in [6.07, 6.45) is 5.59. The molecule has 1 rings (SSSR count). The molecule has 16 heavy (non-hydrogen) atoms. The molecular weight excluding hydrogens is 202 g/mol. The summed E-state index contributed by atoms with van der Waals surface area (Å²) in [6, 6.07) is 0. The van der Waals surface area contributed by atoms with Crippen LogP contribution in [0.5, 0.6) is 0 Å². The molecule has 3 nitrogen and oxygen atoms in total. The van der Waals surface area contributed by atoms with Crippen LogP contribution in [-0.2, 0) is 9.53 Å². The average molecular weight is 227 g/mol. The molecule has 0 saturated carbocycles. The van der Waals surface area contributed by atoms with Crippen molar-refractivity contribution in [2.24, 2.45) is 0 Å². The van der Waals surface area contributed by atoms with Gasteiger partial charge < -0.3 is 9.64 Å². The molecule has 1 saturated heterocycles. The number of rotatable bonds is 6. The van der Waals surface area contributed by atoms with Gasteiger partial charge in [-0.1, -0.05) is 19.8 Å². The van der Waals surface area contributed by atoms with Crippen molar-refractivity contribution in [2.75, 3.05) is 13.1 Å². The fraction of sp³-hybridized carbons (Fsp3) is 0.923. The lowest BCUT2D eigenvalue weighted by atomic mass is 10.2. The van der Waals surface area contributed by atoms with Gasteiger partial charge in [0.1, 0.15) is 0 Å². The van der Waals surface area contributed by atoms with Gasteiger partial charge in [0.25, 0.3) is 0 Å².